The SMILES string of the molecule is Cc1ccc(C)c(NC(=O)c2[nH]cnc2C(=O)Nc2ccc(Cl)cc2)c1. The van der Waals surface area contributed by atoms with Crippen molar-refractivity contribution in [3.63, 3.8) is 0 Å². The molecule has 2 aromatic carbocycles. The van der Waals surface area contributed by atoms with Crippen molar-refractivity contribution in [1.29, 1.82) is 0 Å². The first kappa shape index (κ1) is 17.7. The number of aromatic amines is 1. The van der Waals surface area contributed by atoms with Crippen LogP contribution in [0.15, 0.2) is 48.8 Å². The van der Waals surface area contributed by atoms with Gasteiger partial charge in [0.05, 0.1) is 6.33 Å². The van der Waals surface area contributed by atoms with Gasteiger partial charge in [-0.1, -0.05) is 23.7 Å². The van der Waals surface area contributed by atoms with Gasteiger partial charge in [-0.15, -0.1) is 0 Å². The van der Waals surface area contributed by atoms with Crippen LogP contribution in [0.3, 0.4) is 0 Å². The van der Waals surface area contributed by atoms with Gasteiger partial charge in [-0.25, -0.2) is 4.98 Å². The Hall–Kier alpha value is -3.12. The highest BCUT2D eigenvalue weighted by Gasteiger charge is 2.21. The molecule has 1 heterocycles. The third kappa shape index (κ3) is 3.92. The van der Waals surface area contributed by atoms with Gasteiger partial charge in [0, 0.05) is 16.4 Å². The Morgan fingerprint density at radius 1 is 1.00 bits per heavy atom. The molecule has 6 nitrogen and oxygen atoms in total. The lowest BCUT2D eigenvalue weighted by molar-refractivity contribution is 0.0985. The molecule has 0 radical (unpaired) electrons. The third-order valence-electron chi connectivity index (χ3n) is 3.82. The van der Waals surface area contributed by atoms with Crippen LogP contribution < -0.4 is 10.6 Å². The minimum Gasteiger partial charge on any atom is -0.340 e. The summed E-state index contributed by atoms with van der Waals surface area (Å²) >= 11 is 5.83. The fraction of sp³-hybridized carbons (Fsp3) is 0.105. The van der Waals surface area contributed by atoms with Crippen molar-refractivity contribution in [1.82, 2.24) is 9.97 Å². The summed E-state index contributed by atoms with van der Waals surface area (Å²) in [7, 11) is 0. The normalized spacial score (nSPS) is 10.4. The van der Waals surface area contributed by atoms with Crippen LogP contribution in [0, 0.1) is 13.8 Å². The number of carbonyl (C=O) groups is 2. The number of carbonyl (C=O) groups excluding carboxylic acids is 2. The number of imidazole rings is 1. The standard InChI is InChI=1S/C19H17ClN4O2/c1-11-3-4-12(2)15(9-11)24-19(26)17-16(21-10-22-17)18(25)23-14-7-5-13(20)6-8-14/h3-10H,1-2H3,(H,21,22)(H,23,25)(H,24,26). The maximum atomic E-state index is 12.6. The zero-order valence-corrected chi connectivity index (χ0v) is 15.0. The molecule has 0 saturated carbocycles. The van der Waals surface area contributed by atoms with Crippen LogP contribution in [0.5, 0.6) is 0 Å². The molecule has 0 fully saturated rings. The largest absolute Gasteiger partial charge is 0.340 e. The molecular weight excluding hydrogens is 352 g/mol. The Bertz CT molecular complexity index is 964. The highest BCUT2D eigenvalue weighted by atomic mass is 35.5. The molecule has 0 aliphatic carbocycles. The molecule has 2 amide bonds. The van der Waals surface area contributed by atoms with E-state index in [1.807, 2.05) is 32.0 Å². The third-order valence-corrected chi connectivity index (χ3v) is 4.08. The summed E-state index contributed by atoms with van der Waals surface area (Å²) in [5.41, 5.74) is 3.31. The monoisotopic (exact) mass is 368 g/mol. The molecule has 0 spiro atoms. The van der Waals surface area contributed by atoms with Crippen molar-refractivity contribution in [3.05, 3.63) is 76.3 Å². The molecule has 7 heteroatoms. The number of rotatable bonds is 4. The van der Waals surface area contributed by atoms with E-state index in [1.165, 1.54) is 6.33 Å². The van der Waals surface area contributed by atoms with Crippen molar-refractivity contribution in [2.75, 3.05) is 10.6 Å². The average molecular weight is 369 g/mol. The number of nitrogens with one attached hydrogen (secondary N) is 3. The summed E-state index contributed by atoms with van der Waals surface area (Å²) in [6.45, 7) is 3.84. The molecule has 0 atom stereocenters. The van der Waals surface area contributed by atoms with Crippen LogP contribution in [-0.4, -0.2) is 21.8 Å². The lowest BCUT2D eigenvalue weighted by atomic mass is 10.1. The van der Waals surface area contributed by atoms with E-state index >= 15 is 0 Å². The number of halogens is 1. The van der Waals surface area contributed by atoms with Crippen molar-refractivity contribution in [2.24, 2.45) is 0 Å². The highest BCUT2D eigenvalue weighted by Crippen LogP contribution is 2.19. The van der Waals surface area contributed by atoms with Gasteiger partial charge in [0.2, 0.25) is 0 Å². The van der Waals surface area contributed by atoms with Gasteiger partial charge in [0.15, 0.2) is 5.69 Å². The van der Waals surface area contributed by atoms with E-state index in [0.29, 0.717) is 16.4 Å². The van der Waals surface area contributed by atoms with E-state index < -0.39 is 11.8 Å². The van der Waals surface area contributed by atoms with Crippen LogP contribution in [0.25, 0.3) is 0 Å². The van der Waals surface area contributed by atoms with Gasteiger partial charge < -0.3 is 15.6 Å². The van der Waals surface area contributed by atoms with Gasteiger partial charge in [-0.2, -0.15) is 0 Å². The Kier molecular flexibility index (Phi) is 5.04. The molecule has 0 aliphatic rings. The summed E-state index contributed by atoms with van der Waals surface area (Å²) < 4.78 is 0. The van der Waals surface area contributed by atoms with E-state index in [4.69, 9.17) is 11.6 Å². The first-order valence-electron chi connectivity index (χ1n) is 7.93. The highest BCUT2D eigenvalue weighted by molar-refractivity contribution is 6.30. The smallest absolute Gasteiger partial charge is 0.276 e. The van der Waals surface area contributed by atoms with E-state index in [-0.39, 0.29) is 11.4 Å². The predicted molar refractivity (Wildman–Crippen MR) is 102 cm³/mol. The molecule has 26 heavy (non-hydrogen) atoms. The predicted octanol–water partition coefficient (Wildman–Crippen LogP) is 4.18. The molecule has 0 bridgehead atoms. The number of amides is 2. The number of nitrogens with zero attached hydrogens (tertiary/aromatic N) is 1. The van der Waals surface area contributed by atoms with E-state index in [1.54, 1.807) is 24.3 Å². The molecule has 0 saturated heterocycles. The van der Waals surface area contributed by atoms with Gasteiger partial charge in [-0.3, -0.25) is 9.59 Å². The minimum atomic E-state index is -0.486. The van der Waals surface area contributed by atoms with Crippen LogP contribution in [0.1, 0.15) is 32.1 Å². The summed E-state index contributed by atoms with van der Waals surface area (Å²) in [4.78, 5) is 31.7. The van der Waals surface area contributed by atoms with Crippen molar-refractivity contribution < 1.29 is 9.59 Å². The second-order valence-corrected chi connectivity index (χ2v) is 6.30. The maximum Gasteiger partial charge on any atom is 0.276 e. The van der Waals surface area contributed by atoms with Crippen molar-refractivity contribution >= 4 is 34.8 Å². The van der Waals surface area contributed by atoms with Crippen LogP contribution >= 0.6 is 11.6 Å². The zero-order chi connectivity index (χ0) is 18.7. The number of hydrogen-bond donors (Lipinski definition) is 3. The van der Waals surface area contributed by atoms with E-state index in [2.05, 4.69) is 20.6 Å². The molecule has 132 valence electrons. The van der Waals surface area contributed by atoms with E-state index in [9.17, 15) is 9.59 Å². The Balaban J connectivity index is 1.79. The van der Waals surface area contributed by atoms with Crippen molar-refractivity contribution in [3.8, 4) is 0 Å². The quantitative estimate of drug-likeness (QED) is 0.645. The Morgan fingerprint density at radius 2 is 1.73 bits per heavy atom. The van der Waals surface area contributed by atoms with E-state index in [0.717, 1.165) is 11.1 Å². The Labute approximate surface area is 155 Å². The number of H-pyrrole nitrogens is 1. The summed E-state index contributed by atoms with van der Waals surface area (Å²) in [6.07, 6.45) is 1.31. The Morgan fingerprint density at radius 3 is 2.46 bits per heavy atom. The van der Waals surface area contributed by atoms with Crippen LogP contribution in [-0.2, 0) is 0 Å². The summed E-state index contributed by atoms with van der Waals surface area (Å²) in [5, 5.41) is 6.07. The molecule has 3 N–H and O–H groups in total. The first-order chi connectivity index (χ1) is 12.4. The fourth-order valence-corrected chi connectivity index (χ4v) is 2.54. The fourth-order valence-electron chi connectivity index (χ4n) is 2.42. The van der Waals surface area contributed by atoms with Gasteiger partial charge in [0.1, 0.15) is 5.69 Å². The molecule has 1 aromatic heterocycles. The zero-order valence-electron chi connectivity index (χ0n) is 14.3. The number of benzene rings is 2. The second kappa shape index (κ2) is 7.41. The lowest BCUT2D eigenvalue weighted by Crippen LogP contribution is -2.20. The first-order valence-corrected chi connectivity index (χ1v) is 8.31. The van der Waals surface area contributed by atoms with Crippen molar-refractivity contribution in [2.45, 2.75) is 13.8 Å². The number of hydrogen-bond acceptors (Lipinski definition) is 3. The number of aromatic nitrogens is 2. The van der Waals surface area contributed by atoms with Gasteiger partial charge >= 0.3 is 0 Å². The summed E-state index contributed by atoms with van der Waals surface area (Å²) in [6, 6.07) is 12.4. The molecule has 0 aliphatic heterocycles. The maximum absolute atomic E-state index is 12.6. The second-order valence-electron chi connectivity index (χ2n) is 5.86. The molecule has 3 rings (SSSR count). The van der Waals surface area contributed by atoms with Crippen LogP contribution in [0.2, 0.25) is 5.02 Å². The molecular formula is C19H17ClN4O2. The van der Waals surface area contributed by atoms with Crippen LogP contribution in [0.4, 0.5) is 11.4 Å². The lowest BCUT2D eigenvalue weighted by Gasteiger charge is -2.09. The van der Waals surface area contributed by atoms with Gasteiger partial charge in [-0.05, 0) is 55.3 Å². The number of anilines is 2. The molecule has 3 aromatic rings. The molecule has 0 unspecified atom stereocenters. The topological polar surface area (TPSA) is 86.9 Å². The summed E-state index contributed by atoms with van der Waals surface area (Å²) in [5.74, 6) is -0.919. The average Bonchev–Trinajstić information content (AvgIpc) is 3.10. The van der Waals surface area contributed by atoms with Gasteiger partial charge in [0.25, 0.3) is 11.8 Å². The minimum absolute atomic E-state index is 0.0164. The number of aryl methyl sites for hydroxylation is 2.